The second-order valence-corrected chi connectivity index (χ2v) is 5.88. The zero-order valence-corrected chi connectivity index (χ0v) is 13.7. The second kappa shape index (κ2) is 7.68. The van der Waals surface area contributed by atoms with Crippen LogP contribution < -0.4 is 14.8 Å². The van der Waals surface area contributed by atoms with Gasteiger partial charge in [-0.05, 0) is 49.1 Å². The summed E-state index contributed by atoms with van der Waals surface area (Å²) in [5.41, 5.74) is 2.20. The summed E-state index contributed by atoms with van der Waals surface area (Å²) in [6, 6.07) is 16.0. The van der Waals surface area contributed by atoms with E-state index in [9.17, 15) is 4.79 Å². The number of ether oxygens (including phenoxy) is 2. The lowest BCUT2D eigenvalue weighted by Crippen LogP contribution is -2.31. The Bertz CT molecular complexity index is 725. The van der Waals surface area contributed by atoms with Crippen molar-refractivity contribution in [3.05, 3.63) is 65.7 Å². The van der Waals surface area contributed by atoms with Gasteiger partial charge in [0, 0.05) is 12.1 Å². The average molecular weight is 323 g/mol. The van der Waals surface area contributed by atoms with Crippen molar-refractivity contribution >= 4 is 12.0 Å². The minimum atomic E-state index is -0.0896. The number of rotatable bonds is 6. The molecule has 1 aliphatic rings. The third-order valence-electron chi connectivity index (χ3n) is 3.92. The molecule has 1 aliphatic heterocycles. The Morgan fingerprint density at radius 1 is 1.17 bits per heavy atom. The van der Waals surface area contributed by atoms with E-state index in [-0.39, 0.29) is 18.7 Å². The largest absolute Gasteiger partial charge is 0.454 e. The first-order valence-electron chi connectivity index (χ1n) is 8.13. The predicted molar refractivity (Wildman–Crippen MR) is 94.0 cm³/mol. The summed E-state index contributed by atoms with van der Waals surface area (Å²) >= 11 is 0. The predicted octanol–water partition coefficient (Wildman–Crippen LogP) is 3.57. The molecular formula is C20H21NO3. The maximum atomic E-state index is 12.0. The molecule has 124 valence electrons. The molecule has 3 rings (SSSR count). The van der Waals surface area contributed by atoms with Gasteiger partial charge in [-0.2, -0.15) is 0 Å². The highest BCUT2D eigenvalue weighted by Gasteiger charge is 2.12. The molecular weight excluding hydrogens is 302 g/mol. The van der Waals surface area contributed by atoms with E-state index in [0.29, 0.717) is 5.75 Å². The molecule has 1 heterocycles. The number of benzene rings is 2. The number of amides is 1. The molecule has 1 atom stereocenters. The smallest absolute Gasteiger partial charge is 0.244 e. The fraction of sp³-hybridized carbons (Fsp3) is 0.250. The highest BCUT2D eigenvalue weighted by atomic mass is 16.7. The van der Waals surface area contributed by atoms with E-state index < -0.39 is 0 Å². The molecule has 1 unspecified atom stereocenters. The summed E-state index contributed by atoms with van der Waals surface area (Å²) in [4.78, 5) is 12.0. The van der Waals surface area contributed by atoms with Gasteiger partial charge in [0.15, 0.2) is 11.5 Å². The van der Waals surface area contributed by atoms with Crippen LogP contribution in [0.15, 0.2) is 54.6 Å². The Morgan fingerprint density at radius 3 is 2.79 bits per heavy atom. The van der Waals surface area contributed by atoms with Gasteiger partial charge in [0.05, 0.1) is 0 Å². The van der Waals surface area contributed by atoms with Crippen LogP contribution in [-0.2, 0) is 11.2 Å². The van der Waals surface area contributed by atoms with Crippen molar-refractivity contribution in [3.8, 4) is 11.5 Å². The Kier molecular flexibility index (Phi) is 5.16. The maximum absolute atomic E-state index is 12.0. The van der Waals surface area contributed by atoms with Gasteiger partial charge in [-0.1, -0.05) is 36.4 Å². The van der Waals surface area contributed by atoms with Crippen LogP contribution in [0.3, 0.4) is 0 Å². The van der Waals surface area contributed by atoms with E-state index in [1.54, 1.807) is 12.2 Å². The molecule has 0 saturated carbocycles. The fourth-order valence-electron chi connectivity index (χ4n) is 2.58. The molecule has 4 nitrogen and oxygen atoms in total. The number of carbonyl (C=O) groups is 1. The number of nitrogens with one attached hydrogen (secondary N) is 1. The number of hydrogen-bond acceptors (Lipinski definition) is 3. The van der Waals surface area contributed by atoms with E-state index in [2.05, 4.69) is 17.4 Å². The Hall–Kier alpha value is -2.75. The fourth-order valence-corrected chi connectivity index (χ4v) is 2.58. The first kappa shape index (κ1) is 16.1. The quantitative estimate of drug-likeness (QED) is 0.827. The Balaban J connectivity index is 1.48. The highest BCUT2D eigenvalue weighted by Crippen LogP contribution is 2.32. The van der Waals surface area contributed by atoms with Crippen molar-refractivity contribution in [2.24, 2.45) is 0 Å². The molecule has 1 N–H and O–H groups in total. The third-order valence-corrected chi connectivity index (χ3v) is 3.92. The molecule has 4 heteroatoms. The number of carbonyl (C=O) groups excluding carboxylic acids is 1. The van der Waals surface area contributed by atoms with E-state index >= 15 is 0 Å². The molecule has 0 aromatic heterocycles. The molecule has 2 aromatic carbocycles. The summed E-state index contributed by atoms with van der Waals surface area (Å²) in [5, 5.41) is 2.99. The van der Waals surface area contributed by atoms with E-state index in [1.807, 2.05) is 43.3 Å². The topological polar surface area (TPSA) is 47.6 Å². The van der Waals surface area contributed by atoms with Gasteiger partial charge in [-0.15, -0.1) is 0 Å². The summed E-state index contributed by atoms with van der Waals surface area (Å²) in [5.74, 6) is 1.37. The van der Waals surface area contributed by atoms with Gasteiger partial charge in [-0.3, -0.25) is 4.79 Å². The average Bonchev–Trinajstić information content (AvgIpc) is 3.07. The molecule has 0 radical (unpaired) electrons. The minimum absolute atomic E-state index is 0.0896. The Morgan fingerprint density at radius 2 is 1.96 bits per heavy atom. The summed E-state index contributed by atoms with van der Waals surface area (Å²) in [7, 11) is 0. The normalized spacial score (nSPS) is 13.9. The van der Waals surface area contributed by atoms with E-state index in [4.69, 9.17) is 9.47 Å². The molecule has 0 bridgehead atoms. The lowest BCUT2D eigenvalue weighted by atomic mass is 10.1. The van der Waals surface area contributed by atoms with Gasteiger partial charge in [-0.25, -0.2) is 0 Å². The van der Waals surface area contributed by atoms with Crippen molar-refractivity contribution in [3.63, 3.8) is 0 Å². The monoisotopic (exact) mass is 323 g/mol. The molecule has 24 heavy (non-hydrogen) atoms. The molecule has 0 spiro atoms. The van der Waals surface area contributed by atoms with Gasteiger partial charge in [0.25, 0.3) is 0 Å². The van der Waals surface area contributed by atoms with E-state index in [0.717, 1.165) is 24.2 Å². The van der Waals surface area contributed by atoms with Crippen LogP contribution in [0.25, 0.3) is 6.08 Å². The third kappa shape index (κ3) is 4.38. The first-order valence-corrected chi connectivity index (χ1v) is 8.13. The van der Waals surface area contributed by atoms with Crippen molar-refractivity contribution in [2.75, 3.05) is 6.79 Å². The summed E-state index contributed by atoms with van der Waals surface area (Å²) in [6.07, 6.45) is 5.19. The zero-order valence-electron chi connectivity index (χ0n) is 13.7. The molecule has 0 fully saturated rings. The minimum Gasteiger partial charge on any atom is -0.454 e. The van der Waals surface area contributed by atoms with Crippen LogP contribution in [0.4, 0.5) is 0 Å². The van der Waals surface area contributed by atoms with Crippen LogP contribution in [0, 0.1) is 0 Å². The summed E-state index contributed by atoms with van der Waals surface area (Å²) < 4.78 is 10.6. The molecule has 1 amide bonds. The van der Waals surface area contributed by atoms with Crippen LogP contribution >= 0.6 is 0 Å². The van der Waals surface area contributed by atoms with Crippen molar-refractivity contribution in [2.45, 2.75) is 25.8 Å². The first-order chi connectivity index (χ1) is 11.7. The Labute approximate surface area is 142 Å². The molecule has 2 aromatic rings. The molecule has 0 saturated heterocycles. The van der Waals surface area contributed by atoms with Crippen LogP contribution in [-0.4, -0.2) is 18.7 Å². The van der Waals surface area contributed by atoms with Crippen molar-refractivity contribution in [1.82, 2.24) is 5.32 Å². The number of fused-ring (bicyclic) bond motifs is 1. The lowest BCUT2D eigenvalue weighted by molar-refractivity contribution is -0.117. The standard InChI is InChI=1S/C20H21NO3/c1-15(7-8-16-5-3-2-4-6-16)21-20(22)12-10-17-9-11-18-19(13-17)24-14-23-18/h2-6,9-13,15H,7-8,14H2,1H3,(H,21,22)/b12-10+. The van der Waals surface area contributed by atoms with Crippen molar-refractivity contribution < 1.29 is 14.3 Å². The van der Waals surface area contributed by atoms with Crippen LogP contribution in [0.2, 0.25) is 0 Å². The maximum Gasteiger partial charge on any atom is 0.244 e. The van der Waals surface area contributed by atoms with Crippen LogP contribution in [0.1, 0.15) is 24.5 Å². The number of aryl methyl sites for hydroxylation is 1. The number of hydrogen-bond donors (Lipinski definition) is 1. The van der Waals surface area contributed by atoms with Gasteiger partial charge in [0.1, 0.15) is 0 Å². The van der Waals surface area contributed by atoms with Gasteiger partial charge in [0.2, 0.25) is 12.7 Å². The van der Waals surface area contributed by atoms with E-state index in [1.165, 1.54) is 5.56 Å². The zero-order chi connectivity index (χ0) is 16.8. The molecule has 0 aliphatic carbocycles. The second-order valence-electron chi connectivity index (χ2n) is 5.88. The SMILES string of the molecule is CC(CCc1ccccc1)NC(=O)/C=C/c1ccc2c(c1)OCO2. The van der Waals surface area contributed by atoms with Crippen molar-refractivity contribution in [1.29, 1.82) is 0 Å². The summed E-state index contributed by atoms with van der Waals surface area (Å²) in [6.45, 7) is 2.27. The lowest BCUT2D eigenvalue weighted by Gasteiger charge is -2.12. The van der Waals surface area contributed by atoms with Gasteiger partial charge >= 0.3 is 0 Å². The van der Waals surface area contributed by atoms with Gasteiger partial charge < -0.3 is 14.8 Å². The highest BCUT2D eigenvalue weighted by molar-refractivity contribution is 5.92. The van der Waals surface area contributed by atoms with Crippen LogP contribution in [0.5, 0.6) is 11.5 Å².